The van der Waals surface area contributed by atoms with Crippen molar-refractivity contribution >= 4 is 17.4 Å². The summed E-state index contributed by atoms with van der Waals surface area (Å²) >= 11 is 1.58. The van der Waals surface area contributed by atoms with Crippen LogP contribution in [-0.2, 0) is 6.54 Å². The minimum atomic E-state index is -0.267. The zero-order chi connectivity index (χ0) is 12.8. The number of urea groups is 1. The molecule has 96 valence electrons. The SMILES string of the molecule is CCC(CO)NC(=O)NCc1nc(C)c(C)s1. The first-order chi connectivity index (χ1) is 8.06. The average Bonchev–Trinajstić information content (AvgIpc) is 2.63. The number of nitrogens with zero attached hydrogens (tertiary/aromatic N) is 1. The van der Waals surface area contributed by atoms with Gasteiger partial charge in [-0.3, -0.25) is 0 Å². The van der Waals surface area contributed by atoms with Crippen LogP contribution in [0.5, 0.6) is 0 Å². The van der Waals surface area contributed by atoms with Gasteiger partial charge in [-0.2, -0.15) is 0 Å². The van der Waals surface area contributed by atoms with Crippen LogP contribution in [-0.4, -0.2) is 28.8 Å². The van der Waals surface area contributed by atoms with Crippen molar-refractivity contribution in [1.29, 1.82) is 0 Å². The van der Waals surface area contributed by atoms with Crippen LogP contribution in [0.2, 0.25) is 0 Å². The second-order valence-electron chi connectivity index (χ2n) is 3.86. The quantitative estimate of drug-likeness (QED) is 0.745. The van der Waals surface area contributed by atoms with Gasteiger partial charge < -0.3 is 15.7 Å². The van der Waals surface area contributed by atoms with E-state index in [1.807, 2.05) is 20.8 Å². The number of hydrogen-bond acceptors (Lipinski definition) is 4. The molecule has 2 amide bonds. The number of hydrogen-bond donors (Lipinski definition) is 3. The first-order valence-electron chi connectivity index (χ1n) is 5.65. The maximum Gasteiger partial charge on any atom is 0.315 e. The number of aromatic nitrogens is 1. The maximum atomic E-state index is 11.5. The molecule has 3 N–H and O–H groups in total. The first-order valence-corrected chi connectivity index (χ1v) is 6.46. The predicted molar refractivity (Wildman–Crippen MR) is 68.1 cm³/mol. The first kappa shape index (κ1) is 13.9. The van der Waals surface area contributed by atoms with Gasteiger partial charge in [-0.05, 0) is 20.3 Å². The van der Waals surface area contributed by atoms with E-state index in [2.05, 4.69) is 15.6 Å². The van der Waals surface area contributed by atoms with E-state index in [9.17, 15) is 4.79 Å². The molecule has 1 unspecified atom stereocenters. The molecule has 0 aliphatic heterocycles. The van der Waals surface area contributed by atoms with Crippen LogP contribution < -0.4 is 10.6 Å². The van der Waals surface area contributed by atoms with Crippen molar-refractivity contribution in [2.45, 2.75) is 39.8 Å². The summed E-state index contributed by atoms with van der Waals surface area (Å²) in [5.74, 6) is 0. The molecule has 0 saturated carbocycles. The zero-order valence-electron chi connectivity index (χ0n) is 10.4. The van der Waals surface area contributed by atoms with Gasteiger partial charge in [0.25, 0.3) is 0 Å². The summed E-state index contributed by atoms with van der Waals surface area (Å²) < 4.78 is 0. The number of amides is 2. The molecule has 1 heterocycles. The van der Waals surface area contributed by atoms with Gasteiger partial charge >= 0.3 is 6.03 Å². The van der Waals surface area contributed by atoms with Gasteiger partial charge in [0.05, 0.1) is 24.9 Å². The van der Waals surface area contributed by atoms with Crippen LogP contribution in [0, 0.1) is 13.8 Å². The molecule has 5 nitrogen and oxygen atoms in total. The second kappa shape index (κ2) is 6.56. The van der Waals surface area contributed by atoms with Crippen molar-refractivity contribution < 1.29 is 9.90 Å². The van der Waals surface area contributed by atoms with Crippen molar-refractivity contribution in [3.8, 4) is 0 Å². The highest BCUT2D eigenvalue weighted by molar-refractivity contribution is 7.11. The van der Waals surface area contributed by atoms with E-state index in [0.29, 0.717) is 13.0 Å². The van der Waals surface area contributed by atoms with Crippen molar-refractivity contribution in [3.05, 3.63) is 15.6 Å². The Morgan fingerprint density at radius 2 is 2.24 bits per heavy atom. The molecule has 0 spiro atoms. The third-order valence-corrected chi connectivity index (χ3v) is 3.59. The summed E-state index contributed by atoms with van der Waals surface area (Å²) in [4.78, 5) is 17.0. The number of rotatable bonds is 5. The number of aryl methyl sites for hydroxylation is 2. The number of thiazole rings is 1. The monoisotopic (exact) mass is 257 g/mol. The highest BCUT2D eigenvalue weighted by atomic mass is 32.1. The Bertz CT molecular complexity index is 355. The molecule has 1 aromatic rings. The fourth-order valence-electron chi connectivity index (χ4n) is 1.28. The summed E-state index contributed by atoms with van der Waals surface area (Å²) in [5.41, 5.74) is 1.01. The zero-order valence-corrected chi connectivity index (χ0v) is 11.2. The molecule has 1 atom stereocenters. The van der Waals surface area contributed by atoms with E-state index in [4.69, 9.17) is 5.11 Å². The number of carbonyl (C=O) groups excluding carboxylic acids is 1. The molecule has 1 rings (SSSR count). The summed E-state index contributed by atoms with van der Waals surface area (Å²) in [7, 11) is 0. The molecule has 0 aliphatic carbocycles. The third-order valence-electron chi connectivity index (χ3n) is 2.52. The predicted octanol–water partition coefficient (Wildman–Crippen LogP) is 1.33. The number of aliphatic hydroxyl groups is 1. The van der Waals surface area contributed by atoms with Crippen LogP contribution >= 0.6 is 11.3 Å². The summed E-state index contributed by atoms with van der Waals surface area (Å²) in [6, 6.07) is -0.453. The van der Waals surface area contributed by atoms with Gasteiger partial charge in [0.15, 0.2) is 0 Å². The normalized spacial score (nSPS) is 12.2. The van der Waals surface area contributed by atoms with Crippen LogP contribution in [0.15, 0.2) is 0 Å². The van der Waals surface area contributed by atoms with Crippen molar-refractivity contribution in [3.63, 3.8) is 0 Å². The van der Waals surface area contributed by atoms with Crippen molar-refractivity contribution in [1.82, 2.24) is 15.6 Å². The summed E-state index contributed by atoms with van der Waals surface area (Å²) in [5, 5.41) is 15.3. The Kier molecular flexibility index (Phi) is 5.37. The minimum Gasteiger partial charge on any atom is -0.394 e. The van der Waals surface area contributed by atoms with Crippen LogP contribution in [0.1, 0.15) is 28.9 Å². The number of nitrogens with one attached hydrogen (secondary N) is 2. The highest BCUT2D eigenvalue weighted by Crippen LogP contribution is 2.15. The van der Waals surface area contributed by atoms with E-state index in [1.54, 1.807) is 11.3 Å². The lowest BCUT2D eigenvalue weighted by atomic mass is 10.2. The van der Waals surface area contributed by atoms with Crippen LogP contribution in [0.3, 0.4) is 0 Å². The largest absolute Gasteiger partial charge is 0.394 e. The van der Waals surface area contributed by atoms with Gasteiger partial charge in [-0.15, -0.1) is 11.3 Å². The van der Waals surface area contributed by atoms with Gasteiger partial charge in [0.2, 0.25) is 0 Å². The van der Waals surface area contributed by atoms with Crippen molar-refractivity contribution in [2.75, 3.05) is 6.61 Å². The summed E-state index contributed by atoms with van der Waals surface area (Å²) in [6.45, 7) is 6.25. The molecule has 0 aromatic carbocycles. The third kappa shape index (κ3) is 4.32. The average molecular weight is 257 g/mol. The maximum absolute atomic E-state index is 11.5. The lowest BCUT2D eigenvalue weighted by Crippen LogP contribution is -2.43. The molecular weight excluding hydrogens is 238 g/mol. The molecular formula is C11H19N3O2S. The molecule has 0 fully saturated rings. The smallest absolute Gasteiger partial charge is 0.315 e. The van der Waals surface area contributed by atoms with E-state index < -0.39 is 0 Å². The van der Waals surface area contributed by atoms with Gasteiger partial charge in [-0.25, -0.2) is 9.78 Å². The van der Waals surface area contributed by atoms with Gasteiger partial charge in [0, 0.05) is 4.88 Å². The Hall–Kier alpha value is -1.14. The number of carbonyl (C=O) groups is 1. The Morgan fingerprint density at radius 1 is 1.53 bits per heavy atom. The molecule has 0 saturated heterocycles. The van der Waals surface area contributed by atoms with Gasteiger partial charge in [0.1, 0.15) is 5.01 Å². The standard InChI is InChI=1S/C11H19N3O2S/c1-4-9(6-15)14-11(16)12-5-10-13-7(2)8(3)17-10/h9,15H,4-6H2,1-3H3,(H2,12,14,16). The van der Waals surface area contributed by atoms with E-state index in [0.717, 1.165) is 10.7 Å². The van der Waals surface area contributed by atoms with E-state index in [-0.39, 0.29) is 18.7 Å². The Morgan fingerprint density at radius 3 is 2.71 bits per heavy atom. The molecule has 1 aromatic heterocycles. The Labute approximate surface area is 105 Å². The highest BCUT2D eigenvalue weighted by Gasteiger charge is 2.09. The van der Waals surface area contributed by atoms with E-state index >= 15 is 0 Å². The second-order valence-corrected chi connectivity index (χ2v) is 5.15. The summed E-state index contributed by atoms with van der Waals surface area (Å²) in [6.07, 6.45) is 0.708. The lowest BCUT2D eigenvalue weighted by molar-refractivity contribution is 0.214. The molecule has 0 aliphatic rings. The molecule has 0 radical (unpaired) electrons. The Balaban J connectivity index is 2.37. The number of aliphatic hydroxyl groups excluding tert-OH is 1. The lowest BCUT2D eigenvalue weighted by Gasteiger charge is -2.14. The van der Waals surface area contributed by atoms with E-state index in [1.165, 1.54) is 4.88 Å². The molecule has 17 heavy (non-hydrogen) atoms. The fourth-order valence-corrected chi connectivity index (χ4v) is 2.16. The topological polar surface area (TPSA) is 74.2 Å². The fraction of sp³-hybridized carbons (Fsp3) is 0.636. The van der Waals surface area contributed by atoms with Crippen LogP contribution in [0.4, 0.5) is 4.79 Å². The minimum absolute atomic E-state index is 0.0423. The molecule has 6 heteroatoms. The van der Waals surface area contributed by atoms with Crippen LogP contribution in [0.25, 0.3) is 0 Å². The van der Waals surface area contributed by atoms with Crippen molar-refractivity contribution in [2.24, 2.45) is 0 Å². The molecule has 0 bridgehead atoms. The van der Waals surface area contributed by atoms with Gasteiger partial charge in [-0.1, -0.05) is 6.92 Å².